The van der Waals surface area contributed by atoms with E-state index in [0.717, 1.165) is 4.90 Å². The number of piperidine rings is 1. The van der Waals surface area contributed by atoms with Crippen LogP contribution in [-0.4, -0.2) is 54.1 Å². The summed E-state index contributed by atoms with van der Waals surface area (Å²) >= 11 is 1.58. The van der Waals surface area contributed by atoms with Crippen LogP contribution in [0, 0.1) is 12.3 Å². The lowest BCUT2D eigenvalue weighted by molar-refractivity contribution is -0.162. The maximum Gasteiger partial charge on any atom is 0.232 e. The van der Waals surface area contributed by atoms with Crippen LogP contribution < -0.4 is 0 Å². The second-order valence-electron chi connectivity index (χ2n) is 6.97. The van der Waals surface area contributed by atoms with Gasteiger partial charge >= 0.3 is 0 Å². The smallest absolute Gasteiger partial charge is 0.232 e. The number of hydrogen-bond acceptors (Lipinski definition) is 4. The van der Waals surface area contributed by atoms with Gasteiger partial charge in [-0.25, -0.2) is 0 Å². The molecule has 0 aromatic heterocycles. The summed E-state index contributed by atoms with van der Waals surface area (Å²) in [6.45, 7) is 7.50. The summed E-state index contributed by atoms with van der Waals surface area (Å²) in [5, 5.41) is 10.8. The molecule has 23 heavy (non-hydrogen) atoms. The molecule has 1 aliphatic heterocycles. The zero-order chi connectivity index (χ0) is 17.1. The number of methoxy groups -OCH3 is 1. The molecule has 1 fully saturated rings. The molecule has 1 aliphatic rings. The van der Waals surface area contributed by atoms with Crippen molar-refractivity contribution in [2.45, 2.75) is 37.7 Å². The minimum absolute atomic E-state index is 0.130. The zero-order valence-corrected chi connectivity index (χ0v) is 15.3. The zero-order valence-electron chi connectivity index (χ0n) is 14.5. The Hall–Kier alpha value is -1.04. The number of rotatable bonds is 5. The minimum Gasteiger partial charge on any atom is -0.387 e. The second kappa shape index (κ2) is 7.24. The normalized spacial score (nSPS) is 23.8. The van der Waals surface area contributed by atoms with E-state index in [9.17, 15) is 9.90 Å². The van der Waals surface area contributed by atoms with Crippen LogP contribution in [-0.2, 0) is 9.53 Å². The highest BCUT2D eigenvalue weighted by atomic mass is 32.2. The van der Waals surface area contributed by atoms with Crippen LogP contribution in [0.25, 0.3) is 0 Å². The lowest BCUT2D eigenvalue weighted by atomic mass is 9.70. The van der Waals surface area contributed by atoms with E-state index in [1.54, 1.807) is 18.9 Å². The van der Waals surface area contributed by atoms with Crippen molar-refractivity contribution in [3.8, 4) is 0 Å². The fourth-order valence-corrected chi connectivity index (χ4v) is 3.96. The summed E-state index contributed by atoms with van der Waals surface area (Å²) in [4.78, 5) is 15.5. The van der Waals surface area contributed by atoms with E-state index < -0.39 is 5.60 Å². The van der Waals surface area contributed by atoms with Crippen LogP contribution in [0.2, 0.25) is 0 Å². The second-order valence-corrected chi connectivity index (χ2v) is 7.99. The lowest BCUT2D eigenvalue weighted by Crippen LogP contribution is -2.60. The summed E-state index contributed by atoms with van der Waals surface area (Å²) in [5.74, 6) is 0.565. The molecule has 0 aliphatic carbocycles. The molecule has 1 saturated heterocycles. The summed E-state index contributed by atoms with van der Waals surface area (Å²) in [6, 6.07) is 8.10. The van der Waals surface area contributed by atoms with E-state index in [1.807, 2.05) is 36.9 Å². The summed E-state index contributed by atoms with van der Waals surface area (Å²) < 4.78 is 5.18. The molecule has 1 aromatic rings. The van der Waals surface area contributed by atoms with Crippen molar-refractivity contribution in [2.24, 2.45) is 5.41 Å². The molecule has 4 nitrogen and oxygen atoms in total. The van der Waals surface area contributed by atoms with E-state index >= 15 is 0 Å². The van der Waals surface area contributed by atoms with Crippen LogP contribution in [0.15, 0.2) is 29.2 Å². The van der Waals surface area contributed by atoms with Crippen molar-refractivity contribution in [3.05, 3.63) is 29.8 Å². The van der Waals surface area contributed by atoms with Gasteiger partial charge in [-0.05, 0) is 25.0 Å². The SMILES string of the molecule is COC[C@]1(O)CCN(C(=O)CSc2ccccc2C)CC1(C)C. The molecule has 1 N–H and O–H groups in total. The fourth-order valence-electron chi connectivity index (χ4n) is 3.03. The first-order valence-electron chi connectivity index (χ1n) is 7.97. The Morgan fingerprint density at radius 3 is 2.70 bits per heavy atom. The highest BCUT2D eigenvalue weighted by Crippen LogP contribution is 2.39. The third kappa shape index (κ3) is 4.08. The molecule has 0 bridgehead atoms. The largest absolute Gasteiger partial charge is 0.387 e. The van der Waals surface area contributed by atoms with Crippen LogP contribution in [0.4, 0.5) is 0 Å². The highest BCUT2D eigenvalue weighted by Gasteiger charge is 2.48. The Kier molecular flexibility index (Phi) is 5.76. The number of aliphatic hydroxyl groups is 1. The first kappa shape index (κ1) is 18.3. The average Bonchev–Trinajstić information content (AvgIpc) is 2.49. The summed E-state index contributed by atoms with van der Waals surface area (Å²) in [6.07, 6.45) is 0.550. The molecule has 2 rings (SSSR count). The summed E-state index contributed by atoms with van der Waals surface area (Å²) in [5.41, 5.74) is -0.0647. The predicted molar refractivity (Wildman–Crippen MR) is 93.7 cm³/mol. The number of likely N-dealkylation sites (tertiary alicyclic amines) is 1. The average molecular weight is 337 g/mol. The molecule has 1 heterocycles. The maximum absolute atomic E-state index is 12.5. The first-order valence-corrected chi connectivity index (χ1v) is 8.95. The van der Waals surface area contributed by atoms with Crippen LogP contribution >= 0.6 is 11.8 Å². The van der Waals surface area contributed by atoms with Gasteiger partial charge in [-0.2, -0.15) is 0 Å². The van der Waals surface area contributed by atoms with Gasteiger partial charge in [0, 0.05) is 30.5 Å². The number of carbonyl (C=O) groups is 1. The maximum atomic E-state index is 12.5. The minimum atomic E-state index is -0.873. The quantitative estimate of drug-likeness (QED) is 0.840. The number of thioether (sulfide) groups is 1. The Balaban J connectivity index is 1.96. The van der Waals surface area contributed by atoms with Crippen molar-refractivity contribution in [1.82, 2.24) is 4.90 Å². The van der Waals surface area contributed by atoms with Gasteiger partial charge in [-0.3, -0.25) is 4.79 Å². The van der Waals surface area contributed by atoms with Gasteiger partial charge in [-0.15, -0.1) is 11.8 Å². The summed E-state index contributed by atoms with van der Waals surface area (Å²) in [7, 11) is 1.60. The van der Waals surface area contributed by atoms with Crippen molar-refractivity contribution >= 4 is 17.7 Å². The molecule has 0 saturated carbocycles. The van der Waals surface area contributed by atoms with E-state index in [0.29, 0.717) is 31.9 Å². The van der Waals surface area contributed by atoms with Crippen LogP contribution in [0.5, 0.6) is 0 Å². The Morgan fingerprint density at radius 1 is 1.39 bits per heavy atom. The van der Waals surface area contributed by atoms with E-state index in [4.69, 9.17) is 4.74 Å². The van der Waals surface area contributed by atoms with Gasteiger partial charge in [0.25, 0.3) is 0 Å². The molecule has 0 radical (unpaired) electrons. The number of carbonyl (C=O) groups excluding carboxylic acids is 1. The van der Waals surface area contributed by atoms with Crippen LogP contribution in [0.3, 0.4) is 0 Å². The van der Waals surface area contributed by atoms with Crippen molar-refractivity contribution in [3.63, 3.8) is 0 Å². The fraction of sp³-hybridized carbons (Fsp3) is 0.611. The van der Waals surface area contributed by atoms with Crippen molar-refractivity contribution in [1.29, 1.82) is 0 Å². The number of ether oxygens (including phenoxy) is 1. The van der Waals surface area contributed by atoms with Gasteiger partial charge < -0.3 is 14.7 Å². The molecular formula is C18H27NO3S. The molecule has 1 amide bonds. The Morgan fingerprint density at radius 2 is 2.09 bits per heavy atom. The lowest BCUT2D eigenvalue weighted by Gasteiger charge is -2.49. The molecule has 1 aromatic carbocycles. The Bertz CT molecular complexity index is 561. The van der Waals surface area contributed by atoms with E-state index in [2.05, 4.69) is 13.0 Å². The third-order valence-electron chi connectivity index (χ3n) is 4.82. The van der Waals surface area contributed by atoms with Crippen molar-refractivity contribution < 1.29 is 14.6 Å². The van der Waals surface area contributed by atoms with E-state index in [-0.39, 0.29) is 11.3 Å². The standard InChI is InChI=1S/C18H27NO3S/c1-14-7-5-6-8-15(14)23-11-16(20)19-10-9-18(21,13-22-4)17(2,3)12-19/h5-8,21H,9-13H2,1-4H3/t18-/m1/s1. The third-order valence-corrected chi connectivity index (χ3v) is 5.98. The molecule has 0 spiro atoms. The van der Waals surface area contributed by atoms with Gasteiger partial charge in [0.1, 0.15) is 0 Å². The molecule has 5 heteroatoms. The van der Waals surface area contributed by atoms with Gasteiger partial charge in [-0.1, -0.05) is 32.0 Å². The van der Waals surface area contributed by atoms with Crippen molar-refractivity contribution in [2.75, 3.05) is 32.6 Å². The number of nitrogens with zero attached hydrogens (tertiary/aromatic N) is 1. The predicted octanol–water partition coefficient (Wildman–Crippen LogP) is 2.72. The highest BCUT2D eigenvalue weighted by molar-refractivity contribution is 8.00. The monoisotopic (exact) mass is 337 g/mol. The number of aryl methyl sites for hydroxylation is 1. The molecular weight excluding hydrogens is 310 g/mol. The first-order chi connectivity index (χ1) is 10.8. The van der Waals surface area contributed by atoms with Gasteiger partial charge in [0.2, 0.25) is 5.91 Å². The van der Waals surface area contributed by atoms with Gasteiger partial charge in [0.15, 0.2) is 0 Å². The molecule has 1 atom stereocenters. The van der Waals surface area contributed by atoms with Crippen LogP contribution in [0.1, 0.15) is 25.8 Å². The number of hydrogen-bond donors (Lipinski definition) is 1. The molecule has 128 valence electrons. The Labute approximate surface area is 143 Å². The number of benzene rings is 1. The van der Waals surface area contributed by atoms with Gasteiger partial charge in [0.05, 0.1) is 18.0 Å². The van der Waals surface area contributed by atoms with E-state index in [1.165, 1.54) is 5.56 Å². The topological polar surface area (TPSA) is 49.8 Å². The number of amides is 1. The molecule has 0 unspecified atom stereocenters.